The molecule has 0 aromatic carbocycles. The lowest BCUT2D eigenvalue weighted by molar-refractivity contribution is -0.138. The van der Waals surface area contributed by atoms with Crippen molar-refractivity contribution in [3.05, 3.63) is 5.01 Å². The van der Waals surface area contributed by atoms with Crippen LogP contribution in [0.25, 0.3) is 0 Å². The van der Waals surface area contributed by atoms with Crippen LogP contribution < -0.4 is 5.32 Å². The Morgan fingerprint density at radius 2 is 2.17 bits per heavy atom. The van der Waals surface area contributed by atoms with Gasteiger partial charge in [-0.3, -0.25) is 5.32 Å². The van der Waals surface area contributed by atoms with Crippen molar-refractivity contribution in [3.63, 3.8) is 0 Å². The van der Waals surface area contributed by atoms with Crippen LogP contribution in [-0.4, -0.2) is 40.5 Å². The summed E-state index contributed by atoms with van der Waals surface area (Å²) in [5, 5.41) is 6.85. The van der Waals surface area contributed by atoms with Gasteiger partial charge in [-0.25, -0.2) is 4.79 Å². The number of rotatable bonds is 4. The zero-order valence-corrected chi connectivity index (χ0v) is 10.0. The topological polar surface area (TPSA) is 75.2 Å². The van der Waals surface area contributed by atoms with E-state index in [4.69, 9.17) is 0 Å². The van der Waals surface area contributed by atoms with Crippen LogP contribution >= 0.6 is 11.3 Å². The van der Waals surface area contributed by atoms with E-state index >= 15 is 0 Å². The first kappa shape index (κ1) is 14.4. The number of aromatic nitrogens is 2. The molecule has 0 bridgehead atoms. The van der Waals surface area contributed by atoms with Crippen LogP contribution in [-0.2, 0) is 11.0 Å². The fourth-order valence-electron chi connectivity index (χ4n) is 1.00. The van der Waals surface area contributed by atoms with Crippen LogP contribution in [0.2, 0.25) is 0 Å². The molecule has 1 rings (SSSR count). The van der Waals surface area contributed by atoms with Crippen molar-refractivity contribution in [2.45, 2.75) is 13.1 Å². The quantitative estimate of drug-likeness (QED) is 0.851. The number of nitrogens with one attached hydrogen (secondary N) is 1. The fourth-order valence-corrected chi connectivity index (χ4v) is 1.60. The number of halogens is 3. The van der Waals surface area contributed by atoms with Gasteiger partial charge in [0, 0.05) is 6.54 Å². The maximum Gasteiger partial charge on any atom is 0.445 e. The van der Waals surface area contributed by atoms with E-state index in [2.05, 4.69) is 15.5 Å². The third kappa shape index (κ3) is 3.65. The van der Waals surface area contributed by atoms with Crippen LogP contribution in [0.3, 0.4) is 0 Å². The third-order valence-electron chi connectivity index (χ3n) is 1.85. The molecule has 18 heavy (non-hydrogen) atoms. The zero-order chi connectivity index (χ0) is 13.8. The summed E-state index contributed by atoms with van der Waals surface area (Å²) in [6, 6.07) is -0.700. The van der Waals surface area contributed by atoms with Gasteiger partial charge in [0.2, 0.25) is 10.1 Å². The lowest BCUT2D eigenvalue weighted by atomic mass is 10.5. The maximum absolute atomic E-state index is 12.2. The van der Waals surface area contributed by atoms with Crippen molar-refractivity contribution in [1.29, 1.82) is 0 Å². The van der Waals surface area contributed by atoms with Gasteiger partial charge in [-0.2, -0.15) is 13.2 Å². The van der Waals surface area contributed by atoms with Gasteiger partial charge >= 0.3 is 12.2 Å². The summed E-state index contributed by atoms with van der Waals surface area (Å²) in [5.41, 5.74) is 0. The first-order chi connectivity index (χ1) is 8.38. The predicted molar refractivity (Wildman–Crippen MR) is 57.2 cm³/mol. The van der Waals surface area contributed by atoms with E-state index in [1.165, 1.54) is 0 Å². The molecule has 6 nitrogen and oxygen atoms in total. The molecule has 0 unspecified atom stereocenters. The minimum Gasteiger partial charge on any atom is -0.318 e. The molecule has 0 aliphatic heterocycles. The summed E-state index contributed by atoms with van der Waals surface area (Å²) in [6.07, 6.45) is -4.07. The summed E-state index contributed by atoms with van der Waals surface area (Å²) in [7, 11) is 0. The Morgan fingerprint density at radius 3 is 2.61 bits per heavy atom. The van der Waals surface area contributed by atoms with E-state index in [1.54, 1.807) is 6.92 Å². The number of amides is 2. The van der Waals surface area contributed by atoms with Crippen molar-refractivity contribution < 1.29 is 22.8 Å². The number of carbonyl (C=O) groups is 2. The Kier molecular flexibility index (Phi) is 4.59. The van der Waals surface area contributed by atoms with Gasteiger partial charge in [-0.15, -0.1) is 10.2 Å². The molecule has 0 saturated carbocycles. The Balaban J connectivity index is 2.70. The van der Waals surface area contributed by atoms with Gasteiger partial charge in [-0.1, -0.05) is 11.3 Å². The number of hydrogen-bond donors (Lipinski definition) is 1. The number of likely N-dealkylation sites (N-methyl/N-ethyl adjacent to an activating group) is 1. The molecular formula is C8H9F3N4O2S. The first-order valence-corrected chi connectivity index (χ1v) is 5.60. The van der Waals surface area contributed by atoms with Crippen molar-refractivity contribution in [2.75, 3.05) is 18.4 Å². The smallest absolute Gasteiger partial charge is 0.318 e. The Morgan fingerprint density at radius 1 is 1.50 bits per heavy atom. The maximum atomic E-state index is 12.2. The van der Waals surface area contributed by atoms with Gasteiger partial charge in [0.25, 0.3) is 0 Å². The standard InChI is InChI=1S/C8H9F3N4O2S/c1-2-15(3-4-16)7(17)12-6-14-13-5(18-6)8(9,10)11/h4H,2-3H2,1H3,(H,12,14,17). The van der Waals surface area contributed by atoms with Crippen LogP contribution in [0.4, 0.5) is 23.1 Å². The van der Waals surface area contributed by atoms with E-state index in [0.29, 0.717) is 6.29 Å². The Bertz CT molecular complexity index is 434. The highest BCUT2D eigenvalue weighted by Gasteiger charge is 2.35. The van der Waals surface area contributed by atoms with Crippen LogP contribution in [0, 0.1) is 0 Å². The molecule has 100 valence electrons. The second kappa shape index (κ2) is 5.76. The molecule has 0 aliphatic carbocycles. The predicted octanol–water partition coefficient (Wildman–Crippen LogP) is 1.61. The van der Waals surface area contributed by atoms with Gasteiger partial charge in [-0.05, 0) is 6.92 Å². The van der Waals surface area contributed by atoms with Gasteiger partial charge < -0.3 is 9.69 Å². The molecular weight excluding hydrogens is 273 g/mol. The largest absolute Gasteiger partial charge is 0.445 e. The molecule has 1 N–H and O–H groups in total. The number of anilines is 1. The first-order valence-electron chi connectivity index (χ1n) is 4.78. The fraction of sp³-hybridized carbons (Fsp3) is 0.500. The Labute approximate surface area is 104 Å². The third-order valence-corrected chi connectivity index (χ3v) is 2.73. The van der Waals surface area contributed by atoms with Crippen molar-refractivity contribution in [1.82, 2.24) is 15.1 Å². The summed E-state index contributed by atoms with van der Waals surface area (Å²) < 4.78 is 36.7. The summed E-state index contributed by atoms with van der Waals surface area (Å²) in [6.45, 7) is 1.73. The second-order valence-corrected chi connectivity index (χ2v) is 4.02. The van der Waals surface area contributed by atoms with E-state index in [-0.39, 0.29) is 29.6 Å². The highest BCUT2D eigenvalue weighted by atomic mass is 32.1. The van der Waals surface area contributed by atoms with Crippen molar-refractivity contribution in [2.24, 2.45) is 0 Å². The Hall–Kier alpha value is -1.71. The molecule has 10 heteroatoms. The molecule has 0 fully saturated rings. The molecule has 1 aromatic rings. The zero-order valence-electron chi connectivity index (χ0n) is 9.19. The summed E-state index contributed by atoms with van der Waals surface area (Å²) >= 11 is 0.220. The highest BCUT2D eigenvalue weighted by molar-refractivity contribution is 7.15. The van der Waals surface area contributed by atoms with Gasteiger partial charge in [0.15, 0.2) is 0 Å². The molecule has 0 saturated heterocycles. The second-order valence-electron chi connectivity index (χ2n) is 3.05. The number of nitrogens with zero attached hydrogens (tertiary/aromatic N) is 3. The monoisotopic (exact) mass is 282 g/mol. The summed E-state index contributed by atoms with van der Waals surface area (Å²) in [4.78, 5) is 22.9. The minimum absolute atomic E-state index is 0.146. The van der Waals surface area contributed by atoms with E-state index < -0.39 is 17.2 Å². The minimum atomic E-state index is -4.59. The normalized spacial score (nSPS) is 11.1. The van der Waals surface area contributed by atoms with Crippen LogP contribution in [0.1, 0.15) is 11.9 Å². The van der Waals surface area contributed by atoms with E-state index in [0.717, 1.165) is 4.90 Å². The molecule has 0 aliphatic rings. The average Bonchev–Trinajstić information content (AvgIpc) is 2.73. The number of hydrogen-bond acceptors (Lipinski definition) is 5. The number of carbonyl (C=O) groups excluding carboxylic acids is 2. The lowest BCUT2D eigenvalue weighted by Gasteiger charge is -2.16. The van der Waals surface area contributed by atoms with Gasteiger partial charge in [0.1, 0.15) is 6.29 Å². The number of alkyl halides is 3. The highest BCUT2D eigenvalue weighted by Crippen LogP contribution is 2.32. The molecule has 1 aromatic heterocycles. The van der Waals surface area contributed by atoms with Crippen LogP contribution in [0.15, 0.2) is 0 Å². The van der Waals surface area contributed by atoms with Crippen LogP contribution in [0.5, 0.6) is 0 Å². The number of aldehydes is 1. The summed E-state index contributed by atoms with van der Waals surface area (Å²) in [5.74, 6) is 0. The van der Waals surface area contributed by atoms with E-state index in [9.17, 15) is 22.8 Å². The molecule has 2 amide bonds. The lowest BCUT2D eigenvalue weighted by Crippen LogP contribution is -2.36. The average molecular weight is 282 g/mol. The molecule has 0 atom stereocenters. The van der Waals surface area contributed by atoms with Crippen molar-refractivity contribution in [3.8, 4) is 0 Å². The molecule has 0 radical (unpaired) electrons. The van der Waals surface area contributed by atoms with E-state index in [1.807, 2.05) is 0 Å². The molecule has 1 heterocycles. The number of urea groups is 1. The van der Waals surface area contributed by atoms with Gasteiger partial charge in [0.05, 0.1) is 6.54 Å². The molecule has 0 spiro atoms. The van der Waals surface area contributed by atoms with Crippen molar-refractivity contribution >= 4 is 28.8 Å². The SMILES string of the molecule is CCN(CC=O)C(=O)Nc1nnc(C(F)(F)F)s1.